The lowest BCUT2D eigenvalue weighted by atomic mass is 10.0. The number of aromatic nitrogens is 1. The van der Waals surface area contributed by atoms with Gasteiger partial charge in [0.05, 0.1) is 11.5 Å². The number of sulfonamides is 1. The summed E-state index contributed by atoms with van der Waals surface area (Å²) >= 11 is 0. The lowest BCUT2D eigenvalue weighted by molar-refractivity contribution is 0.357. The maximum Gasteiger partial charge on any atom is 0.240 e. The molecule has 4 rings (SSSR count). The van der Waals surface area contributed by atoms with Crippen molar-refractivity contribution in [1.82, 2.24) is 9.71 Å². The third-order valence-electron chi connectivity index (χ3n) is 4.73. The van der Waals surface area contributed by atoms with Crippen LogP contribution in [0.4, 0.5) is 0 Å². The van der Waals surface area contributed by atoms with Crippen molar-refractivity contribution in [3.8, 4) is 17.0 Å². The quantitative estimate of drug-likeness (QED) is 0.687. The largest absolute Gasteiger partial charge is 0.493 e. The average molecular weight is 398 g/mol. The first-order valence-electron chi connectivity index (χ1n) is 9.20. The van der Waals surface area contributed by atoms with E-state index in [4.69, 9.17) is 9.15 Å². The van der Waals surface area contributed by atoms with Crippen molar-refractivity contribution in [3.05, 3.63) is 65.7 Å². The molecule has 2 heterocycles. The number of nitrogens with zero attached hydrogens (tertiary/aromatic N) is 1. The fraction of sp³-hybridized carbons (Fsp3) is 0.286. The molecule has 28 heavy (non-hydrogen) atoms. The van der Waals surface area contributed by atoms with Crippen LogP contribution in [0.15, 0.2) is 58.0 Å². The van der Waals surface area contributed by atoms with Crippen LogP contribution in [0.2, 0.25) is 0 Å². The fourth-order valence-corrected chi connectivity index (χ4v) is 4.64. The van der Waals surface area contributed by atoms with Crippen LogP contribution in [0.1, 0.15) is 23.9 Å². The molecule has 0 saturated heterocycles. The van der Waals surface area contributed by atoms with E-state index < -0.39 is 10.0 Å². The van der Waals surface area contributed by atoms with Crippen LogP contribution < -0.4 is 9.46 Å². The first-order valence-corrected chi connectivity index (χ1v) is 10.7. The second-order valence-corrected chi connectivity index (χ2v) is 8.76. The second kappa shape index (κ2) is 7.41. The van der Waals surface area contributed by atoms with Crippen molar-refractivity contribution >= 4 is 10.0 Å². The first kappa shape index (κ1) is 18.7. The highest BCUT2D eigenvalue weighted by atomic mass is 32.2. The standard InChI is InChI=1S/C21H22N2O4S/c1-14(11-16-3-8-21-18(12-16)9-10-26-21)23-28(24,25)19-6-4-17(5-7-19)20-13-27-15(2)22-20/h3-8,12-14,23H,9-11H2,1-2H3/t14-/m0/s1. The zero-order valence-electron chi connectivity index (χ0n) is 15.8. The zero-order valence-corrected chi connectivity index (χ0v) is 16.6. The van der Waals surface area contributed by atoms with Crippen LogP contribution in [0, 0.1) is 6.92 Å². The summed E-state index contributed by atoms with van der Waals surface area (Å²) in [5.41, 5.74) is 3.77. The monoisotopic (exact) mass is 398 g/mol. The Hall–Kier alpha value is -2.64. The van der Waals surface area contributed by atoms with E-state index in [1.54, 1.807) is 37.5 Å². The van der Waals surface area contributed by atoms with E-state index in [0.717, 1.165) is 23.3 Å². The molecule has 1 atom stereocenters. The number of hydrogen-bond donors (Lipinski definition) is 1. The van der Waals surface area contributed by atoms with Gasteiger partial charge in [0.1, 0.15) is 17.7 Å². The van der Waals surface area contributed by atoms with Crippen molar-refractivity contribution < 1.29 is 17.6 Å². The van der Waals surface area contributed by atoms with E-state index in [9.17, 15) is 8.42 Å². The Morgan fingerprint density at radius 1 is 1.18 bits per heavy atom. The highest BCUT2D eigenvalue weighted by molar-refractivity contribution is 7.89. The molecule has 6 nitrogen and oxygen atoms in total. The Kier molecular flexibility index (Phi) is 4.95. The predicted molar refractivity (Wildman–Crippen MR) is 106 cm³/mol. The molecule has 0 fully saturated rings. The molecule has 0 radical (unpaired) electrons. The van der Waals surface area contributed by atoms with Gasteiger partial charge >= 0.3 is 0 Å². The van der Waals surface area contributed by atoms with Gasteiger partial charge in [0.15, 0.2) is 5.89 Å². The minimum Gasteiger partial charge on any atom is -0.493 e. The van der Waals surface area contributed by atoms with Gasteiger partial charge in [0.25, 0.3) is 0 Å². The molecule has 1 aliphatic rings. The maximum atomic E-state index is 12.7. The SMILES string of the molecule is Cc1nc(-c2ccc(S(=O)(=O)N[C@@H](C)Cc3ccc4c(c3)CCO4)cc2)co1. The molecular formula is C21H22N2O4S. The Labute approximate surface area is 164 Å². The summed E-state index contributed by atoms with van der Waals surface area (Å²) in [6, 6.07) is 12.5. The molecular weight excluding hydrogens is 376 g/mol. The smallest absolute Gasteiger partial charge is 0.240 e. The van der Waals surface area contributed by atoms with Gasteiger partial charge in [-0.2, -0.15) is 0 Å². The third-order valence-corrected chi connectivity index (χ3v) is 6.34. The summed E-state index contributed by atoms with van der Waals surface area (Å²) < 4.78 is 38.9. The molecule has 0 unspecified atom stereocenters. The van der Waals surface area contributed by atoms with E-state index in [1.807, 2.05) is 19.1 Å². The zero-order chi connectivity index (χ0) is 19.7. The van der Waals surface area contributed by atoms with E-state index >= 15 is 0 Å². The van der Waals surface area contributed by atoms with Crippen LogP contribution in [0.5, 0.6) is 5.75 Å². The highest BCUT2D eigenvalue weighted by Gasteiger charge is 2.19. The Morgan fingerprint density at radius 2 is 1.96 bits per heavy atom. The second-order valence-electron chi connectivity index (χ2n) is 7.04. The van der Waals surface area contributed by atoms with Crippen LogP contribution >= 0.6 is 0 Å². The molecule has 0 spiro atoms. The summed E-state index contributed by atoms with van der Waals surface area (Å²) in [6.07, 6.45) is 3.07. The summed E-state index contributed by atoms with van der Waals surface area (Å²) in [5.74, 6) is 1.50. The molecule has 2 aromatic carbocycles. The minimum absolute atomic E-state index is 0.227. The topological polar surface area (TPSA) is 81.4 Å². The van der Waals surface area contributed by atoms with E-state index in [1.165, 1.54) is 5.56 Å². The molecule has 1 aliphatic heterocycles. The molecule has 1 N–H and O–H groups in total. The van der Waals surface area contributed by atoms with E-state index in [-0.39, 0.29) is 10.9 Å². The van der Waals surface area contributed by atoms with Gasteiger partial charge in [-0.15, -0.1) is 0 Å². The summed E-state index contributed by atoms with van der Waals surface area (Å²) in [7, 11) is -3.60. The summed E-state index contributed by atoms with van der Waals surface area (Å²) in [6.45, 7) is 4.35. The van der Waals surface area contributed by atoms with Gasteiger partial charge in [-0.1, -0.05) is 24.3 Å². The third kappa shape index (κ3) is 3.95. The van der Waals surface area contributed by atoms with Crippen molar-refractivity contribution in [2.45, 2.75) is 37.6 Å². The van der Waals surface area contributed by atoms with Gasteiger partial charge in [-0.05, 0) is 42.7 Å². The van der Waals surface area contributed by atoms with Gasteiger partial charge in [0.2, 0.25) is 10.0 Å². The Balaban J connectivity index is 1.44. The van der Waals surface area contributed by atoms with E-state index in [0.29, 0.717) is 24.6 Å². The van der Waals surface area contributed by atoms with Gasteiger partial charge in [-0.3, -0.25) is 0 Å². The first-order chi connectivity index (χ1) is 13.4. The number of nitrogens with one attached hydrogen (secondary N) is 1. The van der Waals surface area contributed by atoms with Crippen LogP contribution in [0.25, 0.3) is 11.3 Å². The Bertz CT molecular complexity index is 1090. The van der Waals surface area contributed by atoms with Crippen LogP contribution in [-0.4, -0.2) is 26.1 Å². The van der Waals surface area contributed by atoms with Crippen molar-refractivity contribution in [2.75, 3.05) is 6.61 Å². The van der Waals surface area contributed by atoms with Gasteiger partial charge in [-0.25, -0.2) is 18.1 Å². The fourth-order valence-electron chi connectivity index (χ4n) is 3.40. The number of rotatable bonds is 6. The number of benzene rings is 2. The summed E-state index contributed by atoms with van der Waals surface area (Å²) in [4.78, 5) is 4.48. The Morgan fingerprint density at radius 3 is 2.68 bits per heavy atom. The van der Waals surface area contributed by atoms with Crippen molar-refractivity contribution in [1.29, 1.82) is 0 Å². The molecule has 0 saturated carbocycles. The summed E-state index contributed by atoms with van der Waals surface area (Å²) in [5, 5.41) is 0. The number of fused-ring (bicyclic) bond motifs is 1. The number of oxazole rings is 1. The minimum atomic E-state index is -3.60. The van der Waals surface area contributed by atoms with Crippen LogP contribution in [0.3, 0.4) is 0 Å². The maximum absolute atomic E-state index is 12.7. The average Bonchev–Trinajstić information content (AvgIpc) is 3.29. The van der Waals surface area contributed by atoms with Gasteiger partial charge < -0.3 is 9.15 Å². The number of hydrogen-bond acceptors (Lipinski definition) is 5. The van der Waals surface area contributed by atoms with E-state index in [2.05, 4.69) is 15.8 Å². The normalized spacial score (nSPS) is 14.5. The van der Waals surface area contributed by atoms with Crippen LogP contribution in [-0.2, 0) is 22.9 Å². The molecule has 3 aromatic rings. The number of ether oxygens (including phenoxy) is 1. The predicted octanol–water partition coefficient (Wildman–Crippen LogP) is 3.49. The number of aryl methyl sites for hydroxylation is 1. The molecule has 146 valence electrons. The van der Waals surface area contributed by atoms with Crippen molar-refractivity contribution in [3.63, 3.8) is 0 Å². The lowest BCUT2D eigenvalue weighted by Gasteiger charge is -2.15. The van der Waals surface area contributed by atoms with Gasteiger partial charge in [0, 0.05) is 24.9 Å². The molecule has 0 amide bonds. The molecule has 0 aliphatic carbocycles. The lowest BCUT2D eigenvalue weighted by Crippen LogP contribution is -2.34. The highest BCUT2D eigenvalue weighted by Crippen LogP contribution is 2.26. The molecule has 1 aromatic heterocycles. The molecule has 0 bridgehead atoms. The van der Waals surface area contributed by atoms with Crippen molar-refractivity contribution in [2.24, 2.45) is 0 Å². The molecule has 7 heteroatoms.